The average Bonchev–Trinajstić information content (AvgIpc) is 3.13. The minimum atomic E-state index is -4.74. The van der Waals surface area contributed by atoms with Gasteiger partial charge in [-0.25, -0.2) is 4.79 Å². The van der Waals surface area contributed by atoms with Gasteiger partial charge in [-0.15, -0.1) is 0 Å². The van der Waals surface area contributed by atoms with Crippen molar-refractivity contribution in [1.29, 1.82) is 0 Å². The van der Waals surface area contributed by atoms with Crippen molar-refractivity contribution >= 4 is 23.5 Å². The Bertz CT molecular complexity index is 1060. The molecule has 35 heavy (non-hydrogen) atoms. The zero-order valence-electron chi connectivity index (χ0n) is 19.7. The average molecular weight is 516 g/mol. The van der Waals surface area contributed by atoms with Crippen LogP contribution in [-0.2, 0) is 35.0 Å². The molecule has 2 heterocycles. The Kier molecular flexibility index (Phi) is 9.18. The highest BCUT2D eigenvalue weighted by Gasteiger charge is 2.36. The van der Waals surface area contributed by atoms with E-state index in [0.717, 1.165) is 24.6 Å². The number of carbonyl (C=O) groups excluding carboxylic acids is 2. The minimum Gasteiger partial charge on any atom is -0.462 e. The highest BCUT2D eigenvalue weighted by Crippen LogP contribution is 2.34. The molecular formula is C24H29ClF3N3O4. The third kappa shape index (κ3) is 6.98. The molecule has 7 nitrogen and oxygen atoms in total. The van der Waals surface area contributed by atoms with Crippen molar-refractivity contribution in [2.75, 3.05) is 26.4 Å². The maximum Gasteiger partial charge on any atom is 0.417 e. The molecule has 1 N–H and O–H groups in total. The minimum absolute atomic E-state index is 0.121. The summed E-state index contributed by atoms with van der Waals surface area (Å²) in [6.07, 6.45) is -2.15. The zero-order chi connectivity index (χ0) is 25.6. The Labute approximate surface area is 206 Å². The van der Waals surface area contributed by atoms with Crippen LogP contribution < -0.4 is 5.32 Å². The molecule has 11 heteroatoms. The molecule has 1 aromatic carbocycles. The Balaban J connectivity index is 1.74. The predicted octanol–water partition coefficient (Wildman–Crippen LogP) is 4.69. The molecule has 1 aliphatic rings. The number of fused-ring (bicyclic) bond motifs is 1. The maximum atomic E-state index is 13.3. The molecule has 1 aliphatic heterocycles. The summed E-state index contributed by atoms with van der Waals surface area (Å²) in [5, 5.41) is 7.41. The number of alkyl halides is 3. The summed E-state index contributed by atoms with van der Waals surface area (Å²) in [5.41, 5.74) is 0.291. The van der Waals surface area contributed by atoms with Crippen molar-refractivity contribution in [3.05, 3.63) is 51.3 Å². The molecule has 1 amide bonds. The van der Waals surface area contributed by atoms with Crippen LogP contribution in [0, 0.1) is 5.92 Å². The fraction of sp³-hybridized carbons (Fsp3) is 0.542. The fourth-order valence-electron chi connectivity index (χ4n) is 3.95. The molecule has 0 radical (unpaired) electrons. The van der Waals surface area contributed by atoms with Gasteiger partial charge in [-0.05, 0) is 43.9 Å². The molecular weight excluding hydrogens is 487 g/mol. The lowest BCUT2D eigenvalue weighted by Gasteiger charge is -2.16. The fourth-order valence-corrected chi connectivity index (χ4v) is 4.12. The van der Waals surface area contributed by atoms with Gasteiger partial charge in [0.05, 0.1) is 34.7 Å². The van der Waals surface area contributed by atoms with Crippen LogP contribution in [0.15, 0.2) is 18.2 Å². The number of carbonyl (C=O) groups is 2. The van der Waals surface area contributed by atoms with Gasteiger partial charge in [0.2, 0.25) is 0 Å². The van der Waals surface area contributed by atoms with Gasteiger partial charge >= 0.3 is 12.1 Å². The summed E-state index contributed by atoms with van der Waals surface area (Å²) in [6, 6.07) is 2.93. The molecule has 0 spiro atoms. The molecule has 0 saturated heterocycles. The molecule has 0 unspecified atom stereocenters. The van der Waals surface area contributed by atoms with E-state index in [1.807, 2.05) is 6.92 Å². The van der Waals surface area contributed by atoms with Crippen molar-refractivity contribution in [1.82, 2.24) is 15.1 Å². The highest BCUT2D eigenvalue weighted by molar-refractivity contribution is 6.30. The van der Waals surface area contributed by atoms with Crippen LogP contribution in [0.3, 0.4) is 0 Å². The lowest BCUT2D eigenvalue weighted by Crippen LogP contribution is -2.27. The molecule has 192 valence electrons. The smallest absolute Gasteiger partial charge is 0.417 e. The van der Waals surface area contributed by atoms with Gasteiger partial charge in [-0.2, -0.15) is 18.3 Å². The molecule has 0 aliphatic carbocycles. The van der Waals surface area contributed by atoms with E-state index in [1.165, 1.54) is 6.07 Å². The topological polar surface area (TPSA) is 82.5 Å². The first-order valence-electron chi connectivity index (χ1n) is 11.6. The number of benzene rings is 1. The quantitative estimate of drug-likeness (QED) is 0.564. The van der Waals surface area contributed by atoms with Crippen molar-refractivity contribution in [3.63, 3.8) is 0 Å². The van der Waals surface area contributed by atoms with Crippen LogP contribution >= 0.6 is 11.6 Å². The predicted molar refractivity (Wildman–Crippen MR) is 124 cm³/mol. The van der Waals surface area contributed by atoms with E-state index in [-0.39, 0.29) is 23.5 Å². The van der Waals surface area contributed by atoms with E-state index in [9.17, 15) is 22.8 Å². The van der Waals surface area contributed by atoms with Crippen molar-refractivity contribution in [3.8, 4) is 0 Å². The van der Waals surface area contributed by atoms with Gasteiger partial charge in [0, 0.05) is 37.2 Å². The van der Waals surface area contributed by atoms with E-state index in [4.69, 9.17) is 21.1 Å². The molecule has 0 bridgehead atoms. The first-order chi connectivity index (χ1) is 16.6. The summed E-state index contributed by atoms with van der Waals surface area (Å²) in [7, 11) is 0. The van der Waals surface area contributed by atoms with E-state index in [0.29, 0.717) is 56.5 Å². The SMILES string of the molecule is CCc1nn(C[C@@H](C)COC(=O)c2ccc(Cl)cc2C(F)(F)F)c2c1C(=O)NCCCOCCC2. The van der Waals surface area contributed by atoms with Gasteiger partial charge in [0.15, 0.2) is 0 Å². The third-order valence-electron chi connectivity index (χ3n) is 5.64. The summed E-state index contributed by atoms with van der Waals surface area (Å²) < 4.78 is 52.5. The molecule has 1 atom stereocenters. The second kappa shape index (κ2) is 11.9. The Morgan fingerprint density at radius 3 is 2.77 bits per heavy atom. The normalized spacial score (nSPS) is 16.1. The summed E-state index contributed by atoms with van der Waals surface area (Å²) >= 11 is 5.68. The van der Waals surface area contributed by atoms with Gasteiger partial charge in [0.25, 0.3) is 5.91 Å². The molecule has 3 rings (SSSR count). The molecule has 0 saturated carbocycles. The van der Waals surface area contributed by atoms with Crippen LogP contribution in [0.2, 0.25) is 5.02 Å². The standard InChI is InChI=1S/C24H29ClF3N3O4/c1-3-19-21-20(6-4-10-34-11-5-9-29-22(21)32)31(30-19)13-15(2)14-35-23(33)17-8-7-16(25)12-18(17)24(26,27)28/h7-8,12,15H,3-6,9-11,13-14H2,1-2H3,(H,29,32)/t15-/m1/s1. The number of ether oxygens (including phenoxy) is 2. The van der Waals surface area contributed by atoms with Gasteiger partial charge < -0.3 is 14.8 Å². The third-order valence-corrected chi connectivity index (χ3v) is 5.87. The lowest BCUT2D eigenvalue weighted by molar-refractivity contribution is -0.138. The number of aryl methyl sites for hydroxylation is 1. The van der Waals surface area contributed by atoms with Gasteiger partial charge in [-0.1, -0.05) is 25.4 Å². The van der Waals surface area contributed by atoms with Gasteiger partial charge in [0.1, 0.15) is 0 Å². The van der Waals surface area contributed by atoms with E-state index in [1.54, 1.807) is 11.6 Å². The number of hydrogen-bond acceptors (Lipinski definition) is 5. The number of nitrogens with zero attached hydrogens (tertiary/aromatic N) is 2. The van der Waals surface area contributed by atoms with E-state index < -0.39 is 23.3 Å². The largest absolute Gasteiger partial charge is 0.462 e. The number of rotatable bonds is 6. The Morgan fingerprint density at radius 1 is 1.31 bits per heavy atom. The summed E-state index contributed by atoms with van der Waals surface area (Å²) in [6.45, 7) is 5.58. The van der Waals surface area contributed by atoms with Crippen LogP contribution in [-0.4, -0.2) is 48.0 Å². The van der Waals surface area contributed by atoms with E-state index in [2.05, 4.69) is 10.4 Å². The Morgan fingerprint density at radius 2 is 2.06 bits per heavy atom. The van der Waals surface area contributed by atoms with Crippen LogP contribution in [0.5, 0.6) is 0 Å². The van der Waals surface area contributed by atoms with Crippen LogP contribution in [0.25, 0.3) is 0 Å². The zero-order valence-corrected chi connectivity index (χ0v) is 20.5. The van der Waals surface area contributed by atoms with Crippen molar-refractivity contribution < 1.29 is 32.2 Å². The van der Waals surface area contributed by atoms with E-state index >= 15 is 0 Å². The highest BCUT2D eigenvalue weighted by atomic mass is 35.5. The van der Waals surface area contributed by atoms with Crippen molar-refractivity contribution in [2.24, 2.45) is 5.92 Å². The maximum absolute atomic E-state index is 13.3. The molecule has 1 aromatic heterocycles. The van der Waals surface area contributed by atoms with Crippen LogP contribution in [0.1, 0.15) is 64.4 Å². The number of aromatic nitrogens is 2. The first kappa shape index (κ1) is 27.0. The Hall–Kier alpha value is -2.59. The van der Waals surface area contributed by atoms with Crippen LogP contribution in [0.4, 0.5) is 13.2 Å². The van der Waals surface area contributed by atoms with Gasteiger partial charge in [-0.3, -0.25) is 9.48 Å². The number of halogens is 4. The second-order valence-electron chi connectivity index (χ2n) is 8.52. The summed E-state index contributed by atoms with van der Waals surface area (Å²) in [5.74, 6) is -1.52. The second-order valence-corrected chi connectivity index (χ2v) is 8.96. The molecule has 2 aromatic rings. The molecule has 0 fully saturated rings. The number of amides is 1. The number of esters is 1. The number of nitrogens with one attached hydrogen (secondary N) is 1. The number of hydrogen-bond donors (Lipinski definition) is 1. The first-order valence-corrected chi connectivity index (χ1v) is 12.0. The van der Waals surface area contributed by atoms with Crippen molar-refractivity contribution in [2.45, 2.75) is 52.3 Å². The monoisotopic (exact) mass is 515 g/mol. The summed E-state index contributed by atoms with van der Waals surface area (Å²) in [4.78, 5) is 25.3. The lowest BCUT2D eigenvalue weighted by atomic mass is 10.1.